The molecule has 0 rings (SSSR count). The molecular weight excluding hydrogens is 167 g/mol. The normalized spacial score (nSPS) is 16.6. The first-order valence-electron chi connectivity index (χ1n) is 3.28. The van der Waals surface area contributed by atoms with Crippen LogP contribution in [0.5, 0.6) is 0 Å². The van der Waals surface area contributed by atoms with Gasteiger partial charge in [0.15, 0.2) is 0 Å². The van der Waals surface area contributed by atoms with E-state index in [0.717, 1.165) is 0 Å². The Labute approximate surface area is 68.8 Å². The first-order chi connectivity index (χ1) is 4.83. The first kappa shape index (κ1) is 10.8. The second-order valence-electron chi connectivity index (χ2n) is 2.97. The Morgan fingerprint density at radius 3 is 2.45 bits per heavy atom. The van der Waals surface area contributed by atoms with Crippen LogP contribution in [0.25, 0.3) is 0 Å². The molecule has 0 N–H and O–H groups in total. The van der Waals surface area contributed by atoms with Gasteiger partial charge < -0.3 is 4.55 Å². The smallest absolute Gasteiger partial charge is 0.109 e. The summed E-state index contributed by atoms with van der Waals surface area (Å²) in [6.45, 7) is 4.25. The topological polar surface area (TPSA) is 40.1 Å². The lowest BCUT2D eigenvalue weighted by atomic mass is 10.1. The van der Waals surface area contributed by atoms with Crippen LogP contribution in [0.3, 0.4) is 0 Å². The molecule has 0 aromatic carbocycles. The van der Waals surface area contributed by atoms with Gasteiger partial charge in [0.1, 0.15) is 5.67 Å². The third-order valence-electron chi connectivity index (χ3n) is 1.14. The number of allylic oxidation sites excluding steroid dienone is 2. The summed E-state index contributed by atoms with van der Waals surface area (Å²) in [4.78, 5) is 0.190. The summed E-state index contributed by atoms with van der Waals surface area (Å²) >= 11 is -2.20. The van der Waals surface area contributed by atoms with Crippen molar-refractivity contribution in [2.24, 2.45) is 0 Å². The minimum Gasteiger partial charge on any atom is -0.769 e. The third-order valence-corrected chi connectivity index (χ3v) is 1.83. The van der Waals surface area contributed by atoms with Gasteiger partial charge in [0, 0.05) is 0 Å². The van der Waals surface area contributed by atoms with Crippen LogP contribution in [0.2, 0.25) is 0 Å². The van der Waals surface area contributed by atoms with Crippen molar-refractivity contribution in [3.05, 3.63) is 11.0 Å². The van der Waals surface area contributed by atoms with Gasteiger partial charge in [-0.1, -0.05) is 6.08 Å². The molecule has 0 aliphatic carbocycles. The van der Waals surface area contributed by atoms with Crippen molar-refractivity contribution in [3.63, 3.8) is 0 Å². The fourth-order valence-corrected chi connectivity index (χ4v) is 0.674. The van der Waals surface area contributed by atoms with E-state index in [0.29, 0.717) is 0 Å². The average molecular weight is 179 g/mol. The fraction of sp³-hybridized carbons (Fsp3) is 0.714. The van der Waals surface area contributed by atoms with Gasteiger partial charge in [0.2, 0.25) is 0 Å². The standard InChI is InChI=1S/C7H13FO2S/c1-6(11(9)10)4-5-7(2,3)8/h4H,5H2,1-3H3,(H,9,10)/p-1/b6-4+. The second-order valence-corrected chi connectivity index (χ2v) is 4.09. The first-order valence-corrected chi connectivity index (χ1v) is 4.35. The largest absolute Gasteiger partial charge is 0.769 e. The van der Waals surface area contributed by atoms with E-state index in [1.807, 2.05) is 0 Å². The predicted octanol–water partition coefficient (Wildman–Crippen LogP) is 1.91. The quantitative estimate of drug-likeness (QED) is 0.621. The summed E-state index contributed by atoms with van der Waals surface area (Å²) in [5, 5.41) is 0. The zero-order chi connectivity index (χ0) is 9.07. The van der Waals surface area contributed by atoms with Gasteiger partial charge in [-0.05, 0) is 43.2 Å². The Kier molecular flexibility index (Phi) is 3.89. The van der Waals surface area contributed by atoms with Crippen molar-refractivity contribution in [2.45, 2.75) is 32.9 Å². The molecule has 0 aliphatic rings. The van der Waals surface area contributed by atoms with Crippen molar-refractivity contribution < 1.29 is 13.2 Å². The molecule has 11 heavy (non-hydrogen) atoms. The van der Waals surface area contributed by atoms with Crippen LogP contribution in [0.15, 0.2) is 11.0 Å². The van der Waals surface area contributed by atoms with Gasteiger partial charge in [-0.25, -0.2) is 4.39 Å². The van der Waals surface area contributed by atoms with E-state index in [2.05, 4.69) is 0 Å². The van der Waals surface area contributed by atoms with Crippen LogP contribution >= 0.6 is 0 Å². The Morgan fingerprint density at radius 2 is 2.18 bits per heavy atom. The zero-order valence-electron chi connectivity index (χ0n) is 6.89. The second kappa shape index (κ2) is 3.97. The van der Waals surface area contributed by atoms with E-state index in [9.17, 15) is 13.2 Å². The predicted molar refractivity (Wildman–Crippen MR) is 42.5 cm³/mol. The van der Waals surface area contributed by atoms with E-state index in [1.54, 1.807) is 0 Å². The molecular formula is C7H12FO2S-. The molecule has 2 nitrogen and oxygen atoms in total. The highest BCUT2D eigenvalue weighted by atomic mass is 32.2. The highest BCUT2D eigenvalue weighted by Gasteiger charge is 2.12. The molecule has 0 aromatic rings. The lowest BCUT2D eigenvalue weighted by Gasteiger charge is -2.11. The molecule has 0 amide bonds. The molecule has 0 radical (unpaired) electrons. The van der Waals surface area contributed by atoms with Gasteiger partial charge in [-0.2, -0.15) is 0 Å². The van der Waals surface area contributed by atoms with Crippen LogP contribution < -0.4 is 0 Å². The maximum atomic E-state index is 12.8. The summed E-state index contributed by atoms with van der Waals surface area (Å²) in [6.07, 6.45) is 1.51. The molecule has 1 atom stereocenters. The fourth-order valence-electron chi connectivity index (χ4n) is 0.454. The van der Waals surface area contributed by atoms with Crippen molar-refractivity contribution >= 4 is 11.1 Å². The molecule has 0 spiro atoms. The summed E-state index contributed by atoms with van der Waals surface area (Å²) in [5.41, 5.74) is -1.33. The Hall–Kier alpha value is -0.220. The Balaban J connectivity index is 4.04. The lowest BCUT2D eigenvalue weighted by molar-refractivity contribution is 0.221. The molecule has 0 aliphatic heterocycles. The summed E-state index contributed by atoms with van der Waals surface area (Å²) in [5.74, 6) is 0. The van der Waals surface area contributed by atoms with Crippen LogP contribution in [-0.2, 0) is 11.1 Å². The Morgan fingerprint density at radius 1 is 1.73 bits per heavy atom. The van der Waals surface area contributed by atoms with E-state index in [4.69, 9.17) is 0 Å². The van der Waals surface area contributed by atoms with Crippen molar-refractivity contribution in [2.75, 3.05) is 0 Å². The summed E-state index contributed by atoms with van der Waals surface area (Å²) < 4.78 is 33.2. The number of hydrogen-bond acceptors (Lipinski definition) is 2. The summed E-state index contributed by atoms with van der Waals surface area (Å²) in [7, 11) is 0. The van der Waals surface area contributed by atoms with Crippen LogP contribution in [0, 0.1) is 0 Å². The molecule has 0 saturated heterocycles. The van der Waals surface area contributed by atoms with E-state index < -0.39 is 16.7 Å². The maximum Gasteiger partial charge on any atom is 0.109 e. The number of rotatable bonds is 3. The van der Waals surface area contributed by atoms with Crippen LogP contribution in [0.1, 0.15) is 27.2 Å². The molecule has 0 fully saturated rings. The molecule has 0 heterocycles. The molecule has 0 aromatic heterocycles. The van der Waals surface area contributed by atoms with E-state index in [-0.39, 0.29) is 11.3 Å². The zero-order valence-corrected chi connectivity index (χ0v) is 7.70. The highest BCUT2D eigenvalue weighted by molar-refractivity contribution is 7.83. The number of halogens is 1. The highest BCUT2D eigenvalue weighted by Crippen LogP contribution is 2.15. The van der Waals surface area contributed by atoms with Gasteiger partial charge in [-0.15, -0.1) is 0 Å². The van der Waals surface area contributed by atoms with E-state index in [1.165, 1.54) is 26.8 Å². The van der Waals surface area contributed by atoms with Crippen LogP contribution in [-0.4, -0.2) is 14.4 Å². The van der Waals surface area contributed by atoms with Crippen molar-refractivity contribution in [1.82, 2.24) is 0 Å². The van der Waals surface area contributed by atoms with Gasteiger partial charge in [0.25, 0.3) is 0 Å². The maximum absolute atomic E-state index is 12.8. The number of alkyl halides is 1. The van der Waals surface area contributed by atoms with Crippen LogP contribution in [0.4, 0.5) is 4.39 Å². The van der Waals surface area contributed by atoms with E-state index >= 15 is 0 Å². The van der Waals surface area contributed by atoms with Gasteiger partial charge in [-0.3, -0.25) is 4.21 Å². The number of hydrogen-bond donors (Lipinski definition) is 0. The van der Waals surface area contributed by atoms with Crippen molar-refractivity contribution in [1.29, 1.82) is 0 Å². The van der Waals surface area contributed by atoms with Gasteiger partial charge >= 0.3 is 0 Å². The minimum absolute atomic E-state index is 0.132. The molecule has 0 bridgehead atoms. The monoisotopic (exact) mass is 179 g/mol. The average Bonchev–Trinajstić information content (AvgIpc) is 1.80. The SMILES string of the molecule is C/C(=C\CC(C)(C)F)S(=O)[O-]. The summed E-state index contributed by atoms with van der Waals surface area (Å²) in [6, 6.07) is 0. The molecule has 1 unspecified atom stereocenters. The van der Waals surface area contributed by atoms with Gasteiger partial charge in [0.05, 0.1) is 0 Å². The minimum atomic E-state index is -2.20. The molecule has 66 valence electrons. The molecule has 4 heteroatoms. The lowest BCUT2D eigenvalue weighted by Crippen LogP contribution is -2.09. The van der Waals surface area contributed by atoms with Crippen molar-refractivity contribution in [3.8, 4) is 0 Å². The molecule has 0 saturated carbocycles. The third kappa shape index (κ3) is 6.19. The Bertz CT molecular complexity index is 181.